The monoisotopic (exact) mass is 216 g/mol. The summed E-state index contributed by atoms with van der Waals surface area (Å²) < 4.78 is 35.1. The van der Waals surface area contributed by atoms with E-state index in [1.54, 1.807) is 19.1 Å². The van der Waals surface area contributed by atoms with Crippen LogP contribution in [0.25, 0.3) is 0 Å². The average Bonchev–Trinajstić information content (AvgIpc) is 2.12. The van der Waals surface area contributed by atoms with E-state index in [-0.39, 0.29) is 11.2 Å². The number of rotatable bonds is 0. The van der Waals surface area contributed by atoms with Crippen LogP contribution < -0.4 is 0 Å². The molecule has 1 aliphatic carbocycles. The van der Waals surface area contributed by atoms with Crippen molar-refractivity contribution in [2.75, 3.05) is 0 Å². The van der Waals surface area contributed by atoms with Gasteiger partial charge in [-0.2, -0.15) is 0 Å². The van der Waals surface area contributed by atoms with Crippen molar-refractivity contribution in [3.8, 4) is 0 Å². The van der Waals surface area contributed by atoms with E-state index in [2.05, 4.69) is 4.74 Å². The lowest BCUT2D eigenvalue weighted by Gasteiger charge is -2.29. The minimum atomic E-state index is -3.50. The molecule has 2 rings (SSSR count). The van der Waals surface area contributed by atoms with E-state index in [9.17, 15) is 8.78 Å². The van der Waals surface area contributed by atoms with Gasteiger partial charge in [-0.25, -0.2) is 0 Å². The highest BCUT2D eigenvalue weighted by Crippen LogP contribution is 2.48. The Kier molecular flexibility index (Phi) is 1.99. The number of hydrogen-bond donors (Lipinski definition) is 0. The fraction of sp³-hybridized carbons (Fsp3) is 0.636. The third-order valence-electron chi connectivity index (χ3n) is 2.68. The predicted octanol–water partition coefficient (Wildman–Crippen LogP) is 3.21. The molecule has 2 nitrogen and oxygen atoms in total. The normalized spacial score (nSPS) is 36.5. The van der Waals surface area contributed by atoms with Crippen molar-refractivity contribution in [2.45, 2.75) is 39.1 Å². The topological polar surface area (TPSA) is 18.5 Å². The van der Waals surface area contributed by atoms with Crippen molar-refractivity contribution in [1.29, 1.82) is 0 Å². The number of allylic oxidation sites excluding steroid dienone is 3. The molecule has 1 aliphatic heterocycles. The lowest BCUT2D eigenvalue weighted by Crippen LogP contribution is -2.33. The summed E-state index contributed by atoms with van der Waals surface area (Å²) >= 11 is 0. The number of hydrogen-bond acceptors (Lipinski definition) is 2. The molecule has 84 valence electrons. The molecule has 0 radical (unpaired) electrons. The largest absolute Gasteiger partial charge is 0.536 e. The van der Waals surface area contributed by atoms with E-state index < -0.39 is 11.9 Å². The van der Waals surface area contributed by atoms with Crippen LogP contribution in [0, 0.1) is 5.41 Å². The SMILES string of the molecule is CC1(C)C=CC=C2OC(F)(F)OC2(C)C1. The third-order valence-corrected chi connectivity index (χ3v) is 2.68. The highest BCUT2D eigenvalue weighted by atomic mass is 19.3. The number of ether oxygens (including phenoxy) is 2. The quantitative estimate of drug-likeness (QED) is 0.619. The van der Waals surface area contributed by atoms with E-state index in [0.29, 0.717) is 6.42 Å². The van der Waals surface area contributed by atoms with E-state index in [1.807, 2.05) is 19.9 Å². The van der Waals surface area contributed by atoms with Crippen molar-refractivity contribution < 1.29 is 18.3 Å². The highest BCUT2D eigenvalue weighted by molar-refractivity contribution is 5.25. The zero-order valence-corrected chi connectivity index (χ0v) is 9.01. The summed E-state index contributed by atoms with van der Waals surface area (Å²) in [6.07, 6.45) is 2.23. The van der Waals surface area contributed by atoms with Crippen molar-refractivity contribution in [2.24, 2.45) is 5.41 Å². The van der Waals surface area contributed by atoms with Gasteiger partial charge in [0, 0.05) is 0 Å². The molecule has 0 amide bonds. The zero-order valence-electron chi connectivity index (χ0n) is 9.01. The van der Waals surface area contributed by atoms with E-state index in [0.717, 1.165) is 0 Å². The van der Waals surface area contributed by atoms with Gasteiger partial charge in [0.05, 0.1) is 0 Å². The average molecular weight is 216 g/mol. The Hall–Kier alpha value is -0.900. The van der Waals surface area contributed by atoms with Gasteiger partial charge in [-0.05, 0) is 24.8 Å². The second-order valence-corrected chi connectivity index (χ2v) is 4.95. The first-order valence-corrected chi connectivity index (χ1v) is 4.90. The first-order valence-electron chi connectivity index (χ1n) is 4.90. The Balaban J connectivity index is 2.36. The highest BCUT2D eigenvalue weighted by Gasteiger charge is 2.56. The maximum absolute atomic E-state index is 13.0. The van der Waals surface area contributed by atoms with Crippen LogP contribution in [-0.2, 0) is 9.47 Å². The molecular formula is C11H14F2O2. The number of halogens is 2. The minimum Gasteiger partial charge on any atom is -0.411 e. The summed E-state index contributed by atoms with van der Waals surface area (Å²) in [5.41, 5.74) is -1.21. The van der Waals surface area contributed by atoms with Gasteiger partial charge in [-0.15, -0.1) is 8.78 Å². The fourth-order valence-electron chi connectivity index (χ4n) is 2.23. The van der Waals surface area contributed by atoms with Gasteiger partial charge in [-0.1, -0.05) is 26.0 Å². The maximum atomic E-state index is 13.0. The molecule has 4 heteroatoms. The number of fused-ring (bicyclic) bond motifs is 1. The van der Waals surface area contributed by atoms with Crippen LogP contribution >= 0.6 is 0 Å². The fourth-order valence-corrected chi connectivity index (χ4v) is 2.23. The Morgan fingerprint density at radius 2 is 1.93 bits per heavy atom. The van der Waals surface area contributed by atoms with Crippen molar-refractivity contribution >= 4 is 0 Å². The maximum Gasteiger partial charge on any atom is 0.536 e. The Morgan fingerprint density at radius 1 is 1.27 bits per heavy atom. The second kappa shape index (κ2) is 2.82. The van der Waals surface area contributed by atoms with Crippen LogP contribution in [0.3, 0.4) is 0 Å². The predicted molar refractivity (Wildman–Crippen MR) is 51.1 cm³/mol. The van der Waals surface area contributed by atoms with E-state index in [4.69, 9.17) is 4.74 Å². The molecule has 0 N–H and O–H groups in total. The summed E-state index contributed by atoms with van der Waals surface area (Å²) in [5, 5.41) is 0. The van der Waals surface area contributed by atoms with Crippen LogP contribution in [0.5, 0.6) is 0 Å². The van der Waals surface area contributed by atoms with Crippen LogP contribution in [0.2, 0.25) is 0 Å². The van der Waals surface area contributed by atoms with Gasteiger partial charge in [0.1, 0.15) is 11.4 Å². The van der Waals surface area contributed by atoms with Crippen LogP contribution in [0.1, 0.15) is 27.2 Å². The molecular weight excluding hydrogens is 202 g/mol. The Morgan fingerprint density at radius 3 is 2.60 bits per heavy atom. The zero-order chi connectivity index (χ0) is 11.3. The second-order valence-electron chi connectivity index (χ2n) is 4.95. The van der Waals surface area contributed by atoms with Crippen molar-refractivity contribution in [1.82, 2.24) is 0 Å². The van der Waals surface area contributed by atoms with Gasteiger partial charge in [0.15, 0.2) is 0 Å². The molecule has 1 saturated heterocycles. The molecule has 2 aliphatic rings. The molecule has 0 bridgehead atoms. The molecule has 1 fully saturated rings. The first-order chi connectivity index (χ1) is 6.73. The lowest BCUT2D eigenvalue weighted by molar-refractivity contribution is -0.353. The smallest absolute Gasteiger partial charge is 0.411 e. The molecule has 1 heterocycles. The molecule has 15 heavy (non-hydrogen) atoms. The van der Waals surface area contributed by atoms with Crippen LogP contribution in [-0.4, -0.2) is 11.9 Å². The summed E-state index contributed by atoms with van der Waals surface area (Å²) in [4.78, 5) is 0. The summed E-state index contributed by atoms with van der Waals surface area (Å²) in [6, 6.07) is 0. The molecule has 0 aromatic carbocycles. The minimum absolute atomic E-state index is 0.184. The molecule has 0 spiro atoms. The van der Waals surface area contributed by atoms with Crippen LogP contribution in [0.4, 0.5) is 8.78 Å². The van der Waals surface area contributed by atoms with Gasteiger partial charge in [0.2, 0.25) is 0 Å². The summed E-state index contributed by atoms with van der Waals surface area (Å²) in [6.45, 7) is 5.59. The molecule has 1 unspecified atom stereocenters. The molecule has 0 aromatic heterocycles. The summed E-state index contributed by atoms with van der Waals surface area (Å²) in [7, 11) is 0. The standard InChI is InChI=1S/C11H14F2O2/c1-9(2)6-4-5-8-10(3,7-9)15-11(12,13)14-8/h4-6H,7H2,1-3H3. The van der Waals surface area contributed by atoms with Gasteiger partial charge in [-0.3, -0.25) is 4.74 Å². The van der Waals surface area contributed by atoms with Crippen molar-refractivity contribution in [3.63, 3.8) is 0 Å². The lowest BCUT2D eigenvalue weighted by atomic mass is 9.81. The van der Waals surface area contributed by atoms with Gasteiger partial charge < -0.3 is 4.74 Å². The first kappa shape index (κ1) is 10.6. The third kappa shape index (κ3) is 1.91. The molecule has 0 saturated carbocycles. The Labute approximate surface area is 87.6 Å². The molecule has 0 aromatic rings. The van der Waals surface area contributed by atoms with E-state index >= 15 is 0 Å². The summed E-state index contributed by atoms with van der Waals surface area (Å²) in [5.74, 6) is 0.203. The van der Waals surface area contributed by atoms with Gasteiger partial charge in [0.25, 0.3) is 0 Å². The van der Waals surface area contributed by atoms with Crippen LogP contribution in [0.15, 0.2) is 24.0 Å². The Bertz CT molecular complexity index is 344. The van der Waals surface area contributed by atoms with E-state index in [1.165, 1.54) is 0 Å². The number of alkyl halides is 2. The molecule has 1 atom stereocenters. The van der Waals surface area contributed by atoms with Gasteiger partial charge >= 0.3 is 6.29 Å². The van der Waals surface area contributed by atoms with Crippen molar-refractivity contribution in [3.05, 3.63) is 24.0 Å².